The van der Waals surface area contributed by atoms with E-state index >= 15 is 0 Å². The molecule has 1 rings (SSSR count). The normalized spacial score (nSPS) is 10.1. The number of aromatic nitrogens is 1. The van der Waals surface area contributed by atoms with Crippen LogP contribution in [0.5, 0.6) is 0 Å². The molecule has 1 N–H and O–H groups in total. The van der Waals surface area contributed by atoms with Crippen LogP contribution in [0.25, 0.3) is 0 Å². The molecular formula is C11H15N3O4. The molecule has 0 aliphatic heterocycles. The Hall–Kier alpha value is -2.18. The van der Waals surface area contributed by atoms with E-state index in [1.54, 1.807) is 6.92 Å². The van der Waals surface area contributed by atoms with Crippen LogP contribution in [0.2, 0.25) is 0 Å². The standard InChI is InChI=1S/C11H15N3O4/c1-3-6-12-10(15)7-13-8(2)4-5-9(11(13)16)14(17)18/h4-5H,3,6-7H2,1-2H3,(H,12,15). The Morgan fingerprint density at radius 2 is 2.17 bits per heavy atom. The molecule has 0 saturated carbocycles. The van der Waals surface area contributed by atoms with Crippen LogP contribution < -0.4 is 10.9 Å². The second-order valence-corrected chi connectivity index (χ2v) is 3.86. The van der Waals surface area contributed by atoms with Crippen LogP contribution in [0.4, 0.5) is 5.69 Å². The molecule has 0 radical (unpaired) electrons. The highest BCUT2D eigenvalue weighted by molar-refractivity contribution is 5.75. The summed E-state index contributed by atoms with van der Waals surface area (Å²) in [5.41, 5.74) is -0.771. The van der Waals surface area contributed by atoms with Crippen molar-refractivity contribution in [3.63, 3.8) is 0 Å². The minimum Gasteiger partial charge on any atom is -0.355 e. The lowest BCUT2D eigenvalue weighted by Gasteiger charge is -2.09. The molecule has 1 heterocycles. The zero-order chi connectivity index (χ0) is 13.7. The number of nitrogens with one attached hydrogen (secondary N) is 1. The van der Waals surface area contributed by atoms with Gasteiger partial charge in [0.2, 0.25) is 5.91 Å². The molecule has 0 aliphatic carbocycles. The van der Waals surface area contributed by atoms with E-state index in [9.17, 15) is 19.7 Å². The molecule has 0 bridgehead atoms. The van der Waals surface area contributed by atoms with Crippen molar-refractivity contribution in [3.05, 3.63) is 38.3 Å². The maximum atomic E-state index is 11.8. The summed E-state index contributed by atoms with van der Waals surface area (Å²) in [6.07, 6.45) is 0.786. The Morgan fingerprint density at radius 3 is 2.72 bits per heavy atom. The zero-order valence-corrected chi connectivity index (χ0v) is 10.3. The third-order valence-corrected chi connectivity index (χ3v) is 2.44. The van der Waals surface area contributed by atoms with Crippen molar-refractivity contribution >= 4 is 11.6 Å². The van der Waals surface area contributed by atoms with Gasteiger partial charge in [-0.1, -0.05) is 6.92 Å². The van der Waals surface area contributed by atoms with Crippen LogP contribution in [-0.4, -0.2) is 21.9 Å². The smallest absolute Gasteiger partial charge is 0.334 e. The Morgan fingerprint density at radius 1 is 1.50 bits per heavy atom. The highest BCUT2D eigenvalue weighted by atomic mass is 16.6. The number of aryl methyl sites for hydroxylation is 1. The summed E-state index contributed by atoms with van der Waals surface area (Å²) in [6.45, 7) is 3.84. The summed E-state index contributed by atoms with van der Waals surface area (Å²) in [6, 6.07) is 2.60. The van der Waals surface area contributed by atoms with Gasteiger partial charge in [0.05, 0.1) is 4.92 Å². The van der Waals surface area contributed by atoms with Gasteiger partial charge in [-0.15, -0.1) is 0 Å². The SMILES string of the molecule is CCCNC(=O)Cn1c(C)ccc([N+](=O)[O-])c1=O. The molecule has 0 aromatic carbocycles. The predicted octanol–water partition coefficient (Wildman–Crippen LogP) is 0.591. The van der Waals surface area contributed by atoms with Crippen molar-refractivity contribution in [2.45, 2.75) is 26.8 Å². The zero-order valence-electron chi connectivity index (χ0n) is 10.3. The molecule has 98 valence electrons. The molecular weight excluding hydrogens is 238 g/mol. The van der Waals surface area contributed by atoms with E-state index in [1.165, 1.54) is 6.07 Å². The number of hydrogen-bond acceptors (Lipinski definition) is 4. The molecule has 7 nitrogen and oxygen atoms in total. The lowest BCUT2D eigenvalue weighted by molar-refractivity contribution is -0.386. The summed E-state index contributed by atoms with van der Waals surface area (Å²) in [7, 11) is 0. The number of rotatable bonds is 5. The number of pyridine rings is 1. The first-order valence-corrected chi connectivity index (χ1v) is 5.59. The lowest BCUT2D eigenvalue weighted by Crippen LogP contribution is -2.34. The lowest BCUT2D eigenvalue weighted by atomic mass is 10.3. The van der Waals surface area contributed by atoms with Crippen molar-refractivity contribution in [1.29, 1.82) is 0 Å². The fourth-order valence-electron chi connectivity index (χ4n) is 1.46. The fraction of sp³-hybridized carbons (Fsp3) is 0.455. The fourth-order valence-corrected chi connectivity index (χ4v) is 1.46. The Kier molecular flexibility index (Phi) is 4.59. The van der Waals surface area contributed by atoms with Crippen LogP contribution in [-0.2, 0) is 11.3 Å². The molecule has 0 fully saturated rings. The Labute approximate surface area is 104 Å². The predicted molar refractivity (Wildman–Crippen MR) is 65.4 cm³/mol. The van der Waals surface area contributed by atoms with E-state index in [0.717, 1.165) is 17.1 Å². The van der Waals surface area contributed by atoms with Gasteiger partial charge in [0.1, 0.15) is 6.54 Å². The number of hydrogen-bond donors (Lipinski definition) is 1. The Bertz CT molecular complexity index is 522. The second-order valence-electron chi connectivity index (χ2n) is 3.86. The van der Waals surface area contributed by atoms with Gasteiger partial charge >= 0.3 is 11.2 Å². The number of nitro groups is 1. The molecule has 0 atom stereocenters. The summed E-state index contributed by atoms with van der Waals surface area (Å²) < 4.78 is 1.10. The van der Waals surface area contributed by atoms with Gasteiger partial charge in [0.15, 0.2) is 0 Å². The minimum atomic E-state index is -0.758. The first-order valence-electron chi connectivity index (χ1n) is 5.59. The van der Waals surface area contributed by atoms with Crippen molar-refractivity contribution in [2.24, 2.45) is 0 Å². The van der Waals surface area contributed by atoms with Crippen molar-refractivity contribution in [1.82, 2.24) is 9.88 Å². The van der Waals surface area contributed by atoms with Crippen LogP contribution >= 0.6 is 0 Å². The van der Waals surface area contributed by atoms with Gasteiger partial charge in [-0.2, -0.15) is 0 Å². The third kappa shape index (κ3) is 3.16. The van der Waals surface area contributed by atoms with Crippen LogP contribution in [0, 0.1) is 17.0 Å². The molecule has 0 spiro atoms. The topological polar surface area (TPSA) is 94.2 Å². The summed E-state index contributed by atoms with van der Waals surface area (Å²) in [5, 5.41) is 13.3. The van der Waals surface area contributed by atoms with E-state index in [4.69, 9.17) is 0 Å². The molecule has 1 amide bonds. The maximum absolute atomic E-state index is 11.8. The summed E-state index contributed by atoms with van der Waals surface area (Å²) >= 11 is 0. The van der Waals surface area contributed by atoms with E-state index in [0.29, 0.717) is 12.2 Å². The van der Waals surface area contributed by atoms with Crippen LogP contribution in [0.3, 0.4) is 0 Å². The quantitative estimate of drug-likeness (QED) is 0.613. The third-order valence-electron chi connectivity index (χ3n) is 2.44. The molecule has 0 saturated heterocycles. The van der Waals surface area contributed by atoms with E-state index in [1.807, 2.05) is 6.92 Å². The molecule has 0 unspecified atom stereocenters. The van der Waals surface area contributed by atoms with Crippen LogP contribution in [0.15, 0.2) is 16.9 Å². The first-order chi connectivity index (χ1) is 8.47. The van der Waals surface area contributed by atoms with Crippen molar-refractivity contribution in [2.75, 3.05) is 6.54 Å². The second kappa shape index (κ2) is 5.95. The summed E-state index contributed by atoms with van der Waals surface area (Å²) in [4.78, 5) is 33.2. The molecule has 0 aliphatic rings. The summed E-state index contributed by atoms with van der Waals surface area (Å²) in [5.74, 6) is -0.331. The van der Waals surface area contributed by atoms with Gasteiger partial charge in [0, 0.05) is 18.3 Å². The maximum Gasteiger partial charge on any atom is 0.334 e. The average Bonchev–Trinajstić information content (AvgIpc) is 2.31. The van der Waals surface area contributed by atoms with Crippen molar-refractivity contribution < 1.29 is 9.72 Å². The highest BCUT2D eigenvalue weighted by Crippen LogP contribution is 2.05. The van der Waals surface area contributed by atoms with Gasteiger partial charge in [-0.3, -0.25) is 24.3 Å². The monoisotopic (exact) mass is 253 g/mol. The largest absolute Gasteiger partial charge is 0.355 e. The van der Waals surface area contributed by atoms with E-state index < -0.39 is 16.2 Å². The van der Waals surface area contributed by atoms with Gasteiger partial charge in [-0.25, -0.2) is 0 Å². The van der Waals surface area contributed by atoms with E-state index in [-0.39, 0.29) is 12.5 Å². The van der Waals surface area contributed by atoms with Gasteiger partial charge < -0.3 is 5.32 Å². The number of nitrogens with zero attached hydrogens (tertiary/aromatic N) is 2. The number of carbonyl (C=O) groups excluding carboxylic acids is 1. The van der Waals surface area contributed by atoms with Crippen LogP contribution in [0.1, 0.15) is 19.0 Å². The molecule has 18 heavy (non-hydrogen) atoms. The number of carbonyl (C=O) groups is 1. The average molecular weight is 253 g/mol. The number of amides is 1. The molecule has 1 aromatic heterocycles. The van der Waals surface area contributed by atoms with Gasteiger partial charge in [0.25, 0.3) is 0 Å². The first kappa shape index (κ1) is 13.9. The Balaban J connectivity index is 3.01. The minimum absolute atomic E-state index is 0.202. The van der Waals surface area contributed by atoms with Gasteiger partial charge in [-0.05, 0) is 19.4 Å². The molecule has 7 heteroatoms. The van der Waals surface area contributed by atoms with E-state index in [2.05, 4.69) is 5.32 Å². The highest BCUT2D eigenvalue weighted by Gasteiger charge is 2.16. The van der Waals surface area contributed by atoms with Crippen molar-refractivity contribution in [3.8, 4) is 0 Å². The molecule has 1 aromatic rings.